The van der Waals surface area contributed by atoms with Gasteiger partial charge in [-0.2, -0.15) is 0 Å². The molecule has 34 heavy (non-hydrogen) atoms. The van der Waals surface area contributed by atoms with Gasteiger partial charge in [0.1, 0.15) is 6.10 Å². The first-order chi connectivity index (χ1) is 16.7. The number of nitrogens with zero attached hydrogens (tertiary/aromatic N) is 1. The number of piperidine rings is 1. The molecule has 4 rings (SSSR count). The van der Waals surface area contributed by atoms with Gasteiger partial charge in [0.05, 0.1) is 37.8 Å². The minimum atomic E-state index is -0.324. The molecule has 2 heterocycles. The minimum absolute atomic E-state index is 0.0418. The maximum atomic E-state index is 12.8. The molecule has 184 valence electrons. The molecule has 0 radical (unpaired) electrons. The average molecular weight is 465 g/mol. The Balaban J connectivity index is 1.22. The van der Waals surface area contributed by atoms with Gasteiger partial charge in [-0.15, -0.1) is 0 Å². The van der Waals surface area contributed by atoms with Crippen molar-refractivity contribution in [1.29, 1.82) is 0 Å². The summed E-state index contributed by atoms with van der Waals surface area (Å²) in [6.45, 7) is 5.69. The summed E-state index contributed by atoms with van der Waals surface area (Å²) in [6, 6.07) is 18.1. The molecule has 5 heteroatoms. The van der Waals surface area contributed by atoms with Crippen molar-refractivity contribution < 1.29 is 14.0 Å². The van der Waals surface area contributed by atoms with E-state index in [1.54, 1.807) is 0 Å². The second-order valence-electron chi connectivity index (χ2n) is 10.3. The zero-order valence-corrected chi connectivity index (χ0v) is 20.6. The van der Waals surface area contributed by atoms with Crippen LogP contribution in [-0.4, -0.2) is 49.4 Å². The second kappa shape index (κ2) is 12.4. The average Bonchev–Trinajstić information content (AvgIpc) is 3.21. The molecule has 0 aliphatic carbocycles. The molecule has 3 unspecified atom stereocenters. The highest BCUT2D eigenvalue weighted by Crippen LogP contribution is 2.36. The number of hydrogen-bond acceptors (Lipinski definition) is 3. The Hall–Kier alpha value is -2.37. The van der Waals surface area contributed by atoms with Crippen molar-refractivity contribution in [1.82, 2.24) is 0 Å². The predicted octanol–water partition coefficient (Wildman–Crippen LogP) is 6.20. The fourth-order valence-electron chi connectivity index (χ4n) is 5.95. The van der Waals surface area contributed by atoms with Gasteiger partial charge < -0.3 is 15.0 Å². The number of fused-ring (bicyclic) bond motifs is 2. The molecular formula is C29H42N3O2+. The standard InChI is InChI=1S/C29H41N3O2/c30-19-11-4-2-1-3-5-12-20-32-21-17-25(23-32)28(18-22-32)34-29(33)31-27-16-10-9-15-26(27)24-13-7-6-8-14-24/h6-10,13-16,25,28H,1-5,11-12,17-23,30H2/p+1. The lowest BCUT2D eigenvalue weighted by Gasteiger charge is -2.40. The van der Waals surface area contributed by atoms with Gasteiger partial charge in [-0.1, -0.05) is 74.2 Å². The summed E-state index contributed by atoms with van der Waals surface area (Å²) >= 11 is 0. The van der Waals surface area contributed by atoms with Gasteiger partial charge >= 0.3 is 6.09 Å². The maximum Gasteiger partial charge on any atom is 0.411 e. The van der Waals surface area contributed by atoms with Crippen molar-refractivity contribution in [2.24, 2.45) is 11.7 Å². The molecule has 2 aromatic rings. The SMILES string of the molecule is NCCCCCCCCC[N+]12CCC(C1)C(OC(=O)Nc1ccccc1-c1ccccc1)CC2. The van der Waals surface area contributed by atoms with Crippen LogP contribution in [0, 0.1) is 5.92 Å². The lowest BCUT2D eigenvalue weighted by Crippen LogP contribution is -2.52. The molecule has 3 atom stereocenters. The lowest BCUT2D eigenvalue weighted by molar-refractivity contribution is -0.922. The third-order valence-corrected chi connectivity index (χ3v) is 7.85. The monoisotopic (exact) mass is 464 g/mol. The fraction of sp³-hybridized carbons (Fsp3) is 0.552. The molecule has 2 saturated heterocycles. The van der Waals surface area contributed by atoms with Crippen LogP contribution < -0.4 is 11.1 Å². The third-order valence-electron chi connectivity index (χ3n) is 7.85. The topological polar surface area (TPSA) is 64.3 Å². The van der Waals surface area contributed by atoms with E-state index >= 15 is 0 Å². The summed E-state index contributed by atoms with van der Waals surface area (Å²) in [6.07, 6.45) is 11.0. The fourth-order valence-corrected chi connectivity index (χ4v) is 5.95. The quantitative estimate of drug-likeness (QED) is 0.290. The highest BCUT2D eigenvalue weighted by atomic mass is 16.6. The van der Waals surface area contributed by atoms with E-state index in [9.17, 15) is 4.79 Å². The van der Waals surface area contributed by atoms with Crippen LogP contribution >= 0.6 is 0 Å². The van der Waals surface area contributed by atoms with E-state index in [4.69, 9.17) is 10.5 Å². The molecule has 0 saturated carbocycles. The lowest BCUT2D eigenvalue weighted by atomic mass is 9.95. The van der Waals surface area contributed by atoms with Crippen LogP contribution in [0.1, 0.15) is 57.8 Å². The number of nitrogens with two attached hydrogens (primary N) is 1. The van der Waals surface area contributed by atoms with Crippen molar-refractivity contribution in [2.45, 2.75) is 63.9 Å². The van der Waals surface area contributed by atoms with Crippen LogP contribution in [0.2, 0.25) is 0 Å². The van der Waals surface area contributed by atoms with E-state index in [1.807, 2.05) is 42.5 Å². The molecule has 2 fully saturated rings. The molecular weight excluding hydrogens is 422 g/mol. The number of amides is 1. The molecule has 0 aromatic heterocycles. The molecule has 0 spiro atoms. The van der Waals surface area contributed by atoms with E-state index in [2.05, 4.69) is 17.4 Å². The molecule has 1 amide bonds. The first-order valence-electron chi connectivity index (χ1n) is 13.4. The Kier molecular flexibility index (Phi) is 9.00. The number of ether oxygens (including phenoxy) is 1. The predicted molar refractivity (Wildman–Crippen MR) is 140 cm³/mol. The van der Waals surface area contributed by atoms with Crippen molar-refractivity contribution >= 4 is 11.8 Å². The Morgan fingerprint density at radius 3 is 2.35 bits per heavy atom. The summed E-state index contributed by atoms with van der Waals surface area (Å²) in [7, 11) is 0. The Morgan fingerprint density at radius 1 is 0.882 bits per heavy atom. The number of anilines is 1. The normalized spacial score (nSPS) is 23.6. The first kappa shape index (κ1) is 24.7. The molecule has 3 N–H and O–H groups in total. The van der Waals surface area contributed by atoms with E-state index in [1.165, 1.54) is 75.5 Å². The highest BCUT2D eigenvalue weighted by Gasteiger charge is 2.47. The number of quaternary nitrogens is 1. The van der Waals surface area contributed by atoms with E-state index in [0.29, 0.717) is 5.92 Å². The molecule has 2 aromatic carbocycles. The van der Waals surface area contributed by atoms with Crippen molar-refractivity contribution in [2.75, 3.05) is 38.0 Å². The first-order valence-corrected chi connectivity index (χ1v) is 13.4. The van der Waals surface area contributed by atoms with Crippen molar-refractivity contribution in [3.63, 3.8) is 0 Å². The highest BCUT2D eigenvalue weighted by molar-refractivity contribution is 5.91. The largest absolute Gasteiger partial charge is 0.445 e. The Labute approximate surface area is 205 Å². The third kappa shape index (κ3) is 6.61. The number of carbonyl (C=O) groups is 1. The van der Waals surface area contributed by atoms with Crippen LogP contribution in [0.3, 0.4) is 0 Å². The molecule has 5 nitrogen and oxygen atoms in total. The number of para-hydroxylation sites is 1. The number of hydrogen-bond donors (Lipinski definition) is 2. The van der Waals surface area contributed by atoms with E-state index < -0.39 is 0 Å². The zero-order valence-electron chi connectivity index (χ0n) is 20.6. The zero-order chi connectivity index (χ0) is 23.6. The Morgan fingerprint density at radius 2 is 1.56 bits per heavy atom. The molecule has 2 aliphatic rings. The van der Waals surface area contributed by atoms with Gasteiger partial charge in [-0.3, -0.25) is 5.32 Å². The number of nitrogens with one attached hydrogen (secondary N) is 1. The number of unbranched alkanes of at least 4 members (excludes halogenated alkanes) is 6. The van der Waals surface area contributed by atoms with Gasteiger partial charge in [0.25, 0.3) is 0 Å². The van der Waals surface area contributed by atoms with Crippen LogP contribution in [0.4, 0.5) is 10.5 Å². The summed E-state index contributed by atoms with van der Waals surface area (Å²) < 4.78 is 7.23. The maximum absolute atomic E-state index is 12.8. The number of carbonyl (C=O) groups excluding carboxylic acids is 1. The Bertz CT molecular complexity index is 903. The van der Waals surface area contributed by atoms with Gasteiger partial charge in [0.15, 0.2) is 0 Å². The smallest absolute Gasteiger partial charge is 0.411 e. The summed E-state index contributed by atoms with van der Waals surface area (Å²) in [5.74, 6) is 0.500. The van der Waals surface area contributed by atoms with Crippen LogP contribution in [0.5, 0.6) is 0 Å². The second-order valence-corrected chi connectivity index (χ2v) is 10.3. The number of rotatable bonds is 12. The number of benzene rings is 2. The van der Waals surface area contributed by atoms with Crippen LogP contribution in [0.25, 0.3) is 11.1 Å². The van der Waals surface area contributed by atoms with Gasteiger partial charge in [0, 0.05) is 18.4 Å². The van der Waals surface area contributed by atoms with E-state index in [-0.39, 0.29) is 12.2 Å². The van der Waals surface area contributed by atoms with Gasteiger partial charge in [-0.05, 0) is 37.4 Å². The van der Waals surface area contributed by atoms with Gasteiger partial charge in [-0.25, -0.2) is 4.79 Å². The summed E-state index contributed by atoms with van der Waals surface area (Å²) in [5.41, 5.74) is 8.47. The summed E-state index contributed by atoms with van der Waals surface area (Å²) in [4.78, 5) is 12.8. The van der Waals surface area contributed by atoms with Crippen LogP contribution in [0.15, 0.2) is 54.6 Å². The molecule has 2 bridgehead atoms. The van der Waals surface area contributed by atoms with Crippen molar-refractivity contribution in [3.8, 4) is 11.1 Å². The van der Waals surface area contributed by atoms with E-state index in [0.717, 1.165) is 36.3 Å². The van der Waals surface area contributed by atoms with Crippen molar-refractivity contribution in [3.05, 3.63) is 54.6 Å². The van der Waals surface area contributed by atoms with Crippen LogP contribution in [-0.2, 0) is 4.74 Å². The molecule has 2 aliphatic heterocycles. The summed E-state index contributed by atoms with van der Waals surface area (Å²) in [5, 5.41) is 3.02. The minimum Gasteiger partial charge on any atom is -0.445 e. The van der Waals surface area contributed by atoms with Gasteiger partial charge in [0.2, 0.25) is 0 Å².